The van der Waals surface area contributed by atoms with E-state index in [0.29, 0.717) is 26.4 Å². The molecule has 2 aliphatic rings. The van der Waals surface area contributed by atoms with Gasteiger partial charge in [-0.25, -0.2) is 0 Å². The molecule has 0 N–H and O–H groups in total. The summed E-state index contributed by atoms with van der Waals surface area (Å²) in [5.74, 6) is 0. The van der Waals surface area contributed by atoms with Gasteiger partial charge in [0.1, 0.15) is 24.4 Å². The Hall–Kier alpha value is -2.54. The predicted molar refractivity (Wildman–Crippen MR) is 120 cm³/mol. The van der Waals surface area contributed by atoms with E-state index in [1.54, 1.807) is 0 Å². The Bertz CT molecular complexity index is 892. The van der Waals surface area contributed by atoms with Gasteiger partial charge in [0.2, 0.25) is 0 Å². The molecule has 2 bridgehead atoms. The van der Waals surface area contributed by atoms with Gasteiger partial charge in [0.25, 0.3) is 0 Å². The highest BCUT2D eigenvalue weighted by molar-refractivity contribution is 5.15. The van der Waals surface area contributed by atoms with Crippen molar-refractivity contribution in [3.63, 3.8) is 0 Å². The zero-order valence-electron chi connectivity index (χ0n) is 17.9. The standard InChI is InChI=1S/C27H28O5/c1-4-10-20(11-5-1)16-28-24-23-19-31-27(32-23)26(30-18-22-14-8-3-9-15-22)25(24)29-17-21-12-6-2-7-13-21/h1-15,23-27H,16-19H2/t23-,24+,25+,26+,27-/m0/s1. The SMILES string of the molecule is c1ccc(CO[C@H]2[C@@H](OCc3ccccc3)[C@H]3OC[C@H](O3)[C@H]2OCc2ccccc2)cc1. The van der Waals surface area contributed by atoms with E-state index in [9.17, 15) is 0 Å². The Kier molecular flexibility index (Phi) is 6.92. The fraction of sp³-hybridized carbons (Fsp3) is 0.333. The van der Waals surface area contributed by atoms with Crippen molar-refractivity contribution < 1.29 is 23.7 Å². The highest BCUT2D eigenvalue weighted by atomic mass is 16.8. The van der Waals surface area contributed by atoms with Gasteiger partial charge in [0.15, 0.2) is 6.29 Å². The molecule has 5 rings (SSSR count). The minimum atomic E-state index is -0.457. The molecule has 0 saturated carbocycles. The van der Waals surface area contributed by atoms with Crippen LogP contribution >= 0.6 is 0 Å². The summed E-state index contributed by atoms with van der Waals surface area (Å²) in [7, 11) is 0. The lowest BCUT2D eigenvalue weighted by atomic mass is 10.00. The van der Waals surface area contributed by atoms with E-state index in [1.807, 2.05) is 66.7 Å². The van der Waals surface area contributed by atoms with Crippen LogP contribution in [0, 0.1) is 0 Å². The maximum atomic E-state index is 6.44. The third-order valence-corrected chi connectivity index (χ3v) is 5.87. The smallest absolute Gasteiger partial charge is 0.187 e. The summed E-state index contributed by atoms with van der Waals surface area (Å²) >= 11 is 0. The van der Waals surface area contributed by atoms with Crippen LogP contribution in [-0.2, 0) is 43.5 Å². The molecule has 5 nitrogen and oxygen atoms in total. The first kappa shape index (κ1) is 21.3. The number of fused-ring (bicyclic) bond motifs is 2. The van der Waals surface area contributed by atoms with Gasteiger partial charge in [-0.05, 0) is 16.7 Å². The third-order valence-electron chi connectivity index (χ3n) is 5.87. The minimum Gasteiger partial charge on any atom is -0.368 e. The van der Waals surface area contributed by atoms with Gasteiger partial charge in [-0.2, -0.15) is 0 Å². The Balaban J connectivity index is 1.33. The van der Waals surface area contributed by atoms with Gasteiger partial charge < -0.3 is 23.7 Å². The summed E-state index contributed by atoms with van der Waals surface area (Å²) in [6, 6.07) is 30.4. The molecule has 3 aromatic rings. The van der Waals surface area contributed by atoms with Crippen LogP contribution in [0.4, 0.5) is 0 Å². The van der Waals surface area contributed by atoms with Crippen molar-refractivity contribution in [3.05, 3.63) is 108 Å². The quantitative estimate of drug-likeness (QED) is 0.498. The van der Waals surface area contributed by atoms with Crippen LogP contribution in [0.5, 0.6) is 0 Å². The lowest BCUT2D eigenvalue weighted by Crippen LogP contribution is -2.56. The van der Waals surface area contributed by atoms with Crippen LogP contribution in [0.25, 0.3) is 0 Å². The maximum Gasteiger partial charge on any atom is 0.187 e. The van der Waals surface area contributed by atoms with Crippen LogP contribution in [0.15, 0.2) is 91.0 Å². The number of hydrogen-bond donors (Lipinski definition) is 0. The molecule has 0 spiro atoms. The molecule has 5 heteroatoms. The largest absolute Gasteiger partial charge is 0.368 e. The molecule has 0 amide bonds. The second kappa shape index (κ2) is 10.4. The Morgan fingerprint density at radius 3 is 1.50 bits per heavy atom. The summed E-state index contributed by atoms with van der Waals surface area (Å²) in [6.45, 7) is 1.88. The normalized spacial score (nSPS) is 26.8. The second-order valence-corrected chi connectivity index (χ2v) is 8.16. The molecular formula is C27H28O5. The summed E-state index contributed by atoms with van der Waals surface area (Å²) in [5.41, 5.74) is 3.31. The molecule has 0 aliphatic carbocycles. The van der Waals surface area contributed by atoms with Gasteiger partial charge in [-0.1, -0.05) is 91.0 Å². The van der Waals surface area contributed by atoms with E-state index in [0.717, 1.165) is 16.7 Å². The van der Waals surface area contributed by atoms with Crippen molar-refractivity contribution in [2.75, 3.05) is 6.61 Å². The molecule has 2 saturated heterocycles. The first-order valence-electron chi connectivity index (χ1n) is 11.1. The molecule has 3 aromatic carbocycles. The summed E-state index contributed by atoms with van der Waals surface area (Å²) in [6.07, 6.45) is -1.63. The zero-order valence-corrected chi connectivity index (χ0v) is 17.9. The Morgan fingerprint density at radius 1 is 0.562 bits per heavy atom. The van der Waals surface area contributed by atoms with E-state index in [2.05, 4.69) is 24.3 Å². The molecule has 2 aliphatic heterocycles. The monoisotopic (exact) mass is 432 g/mol. The van der Waals surface area contributed by atoms with Crippen molar-refractivity contribution in [2.45, 2.75) is 50.5 Å². The maximum absolute atomic E-state index is 6.44. The van der Waals surface area contributed by atoms with Gasteiger partial charge in [0, 0.05) is 0 Å². The summed E-state index contributed by atoms with van der Waals surface area (Å²) < 4.78 is 31.2. The molecule has 0 unspecified atom stereocenters. The zero-order chi connectivity index (χ0) is 21.6. The van der Waals surface area contributed by atoms with E-state index >= 15 is 0 Å². The number of benzene rings is 3. The Morgan fingerprint density at radius 2 is 1.00 bits per heavy atom. The topological polar surface area (TPSA) is 46.2 Å². The predicted octanol–water partition coefficient (Wildman–Crippen LogP) is 4.50. The minimum absolute atomic E-state index is 0.180. The van der Waals surface area contributed by atoms with Crippen molar-refractivity contribution in [2.24, 2.45) is 0 Å². The number of hydrogen-bond acceptors (Lipinski definition) is 5. The van der Waals surface area contributed by atoms with E-state index in [1.165, 1.54) is 0 Å². The Labute approximate surface area is 188 Å². The van der Waals surface area contributed by atoms with E-state index in [4.69, 9.17) is 23.7 Å². The first-order valence-corrected chi connectivity index (χ1v) is 11.1. The van der Waals surface area contributed by atoms with Gasteiger partial charge in [-0.3, -0.25) is 0 Å². The van der Waals surface area contributed by atoms with Crippen molar-refractivity contribution >= 4 is 0 Å². The number of ether oxygens (including phenoxy) is 5. The lowest BCUT2D eigenvalue weighted by molar-refractivity contribution is -0.268. The highest BCUT2D eigenvalue weighted by Gasteiger charge is 2.52. The molecule has 0 aromatic heterocycles. The molecule has 2 heterocycles. The van der Waals surface area contributed by atoms with Gasteiger partial charge in [-0.15, -0.1) is 0 Å². The van der Waals surface area contributed by atoms with Crippen molar-refractivity contribution in [1.29, 1.82) is 0 Å². The van der Waals surface area contributed by atoms with Gasteiger partial charge in [0.05, 0.1) is 26.4 Å². The average molecular weight is 433 g/mol. The van der Waals surface area contributed by atoms with Crippen molar-refractivity contribution in [1.82, 2.24) is 0 Å². The van der Waals surface area contributed by atoms with Crippen LogP contribution in [0.2, 0.25) is 0 Å². The fourth-order valence-electron chi connectivity index (χ4n) is 4.20. The molecule has 2 fully saturated rings. The fourth-order valence-corrected chi connectivity index (χ4v) is 4.20. The number of rotatable bonds is 9. The third kappa shape index (κ3) is 5.09. The van der Waals surface area contributed by atoms with Crippen LogP contribution in [0.3, 0.4) is 0 Å². The van der Waals surface area contributed by atoms with E-state index < -0.39 is 12.4 Å². The highest BCUT2D eigenvalue weighted by Crippen LogP contribution is 2.35. The molecular weight excluding hydrogens is 404 g/mol. The first-order chi connectivity index (χ1) is 15.9. The van der Waals surface area contributed by atoms with Crippen molar-refractivity contribution in [3.8, 4) is 0 Å². The molecule has 32 heavy (non-hydrogen) atoms. The lowest BCUT2D eigenvalue weighted by Gasteiger charge is -2.40. The van der Waals surface area contributed by atoms with Gasteiger partial charge >= 0.3 is 0 Å². The van der Waals surface area contributed by atoms with Crippen LogP contribution < -0.4 is 0 Å². The average Bonchev–Trinajstić information content (AvgIpc) is 3.29. The molecule has 5 atom stereocenters. The van der Waals surface area contributed by atoms with Crippen LogP contribution in [0.1, 0.15) is 16.7 Å². The van der Waals surface area contributed by atoms with Crippen LogP contribution in [-0.4, -0.2) is 37.3 Å². The molecule has 0 radical (unpaired) electrons. The summed E-state index contributed by atoms with van der Waals surface area (Å²) in [5, 5.41) is 0. The van der Waals surface area contributed by atoms with E-state index in [-0.39, 0.29) is 18.3 Å². The second-order valence-electron chi connectivity index (χ2n) is 8.16. The summed E-state index contributed by atoms with van der Waals surface area (Å²) in [4.78, 5) is 0. The molecule has 166 valence electrons.